The van der Waals surface area contributed by atoms with Gasteiger partial charge in [-0.15, -0.1) is 0 Å². The maximum Gasteiger partial charge on any atom is 0.151 e. The molecule has 6 heteroatoms. The first-order valence-electron chi connectivity index (χ1n) is 6.22. The predicted molar refractivity (Wildman–Crippen MR) is 72.8 cm³/mol. The van der Waals surface area contributed by atoms with Gasteiger partial charge in [-0.2, -0.15) is 0 Å². The van der Waals surface area contributed by atoms with Crippen molar-refractivity contribution >= 4 is 27.0 Å². The fourth-order valence-electron chi connectivity index (χ4n) is 3.01. The molecule has 98 valence electrons. The number of sulfone groups is 1. The van der Waals surface area contributed by atoms with Crippen LogP contribution in [-0.4, -0.2) is 48.4 Å². The standard InChI is InChI=1S/C11H20N2O2S2/c12-11(16)7-13(9-3-1-2-4-9)10-5-6-17(14,15)8-10/h9-10H,1-8H2,(H2,12,16). The summed E-state index contributed by atoms with van der Waals surface area (Å²) < 4.78 is 23.1. The van der Waals surface area contributed by atoms with E-state index < -0.39 is 9.84 Å². The summed E-state index contributed by atoms with van der Waals surface area (Å²) in [6.45, 7) is 0.570. The van der Waals surface area contributed by atoms with Crippen LogP contribution in [0, 0.1) is 0 Å². The highest BCUT2D eigenvalue weighted by Crippen LogP contribution is 2.28. The van der Waals surface area contributed by atoms with Crippen LogP contribution in [0.3, 0.4) is 0 Å². The molecule has 1 aliphatic heterocycles. The minimum Gasteiger partial charge on any atom is -0.392 e. The molecule has 1 saturated heterocycles. The molecule has 0 bridgehead atoms. The van der Waals surface area contributed by atoms with Crippen LogP contribution in [0.1, 0.15) is 32.1 Å². The zero-order valence-corrected chi connectivity index (χ0v) is 11.6. The molecule has 0 aromatic rings. The maximum absolute atomic E-state index is 11.6. The first-order chi connectivity index (χ1) is 7.98. The lowest BCUT2D eigenvalue weighted by molar-refractivity contribution is 0.173. The highest BCUT2D eigenvalue weighted by molar-refractivity contribution is 7.91. The third kappa shape index (κ3) is 3.39. The third-order valence-corrected chi connectivity index (χ3v) is 5.69. The van der Waals surface area contributed by atoms with Crippen molar-refractivity contribution < 1.29 is 8.42 Å². The van der Waals surface area contributed by atoms with Gasteiger partial charge in [0.2, 0.25) is 0 Å². The molecule has 0 aromatic heterocycles. The highest BCUT2D eigenvalue weighted by atomic mass is 32.2. The normalized spacial score (nSPS) is 28.9. The fraction of sp³-hybridized carbons (Fsp3) is 0.909. The van der Waals surface area contributed by atoms with Gasteiger partial charge in [-0.25, -0.2) is 8.42 Å². The van der Waals surface area contributed by atoms with Gasteiger partial charge in [0.15, 0.2) is 9.84 Å². The van der Waals surface area contributed by atoms with E-state index in [1.807, 2.05) is 0 Å². The van der Waals surface area contributed by atoms with Crippen LogP contribution in [0.25, 0.3) is 0 Å². The van der Waals surface area contributed by atoms with Crippen LogP contribution in [0.5, 0.6) is 0 Å². The molecule has 2 fully saturated rings. The number of nitrogens with two attached hydrogens (primary N) is 1. The minimum absolute atomic E-state index is 0.129. The van der Waals surface area contributed by atoms with Gasteiger partial charge < -0.3 is 5.73 Å². The Morgan fingerprint density at radius 1 is 1.24 bits per heavy atom. The topological polar surface area (TPSA) is 63.4 Å². The lowest BCUT2D eigenvalue weighted by atomic mass is 10.1. The summed E-state index contributed by atoms with van der Waals surface area (Å²) in [6, 6.07) is 0.611. The molecule has 1 atom stereocenters. The molecule has 1 aliphatic carbocycles. The van der Waals surface area contributed by atoms with Crippen molar-refractivity contribution in [3.63, 3.8) is 0 Å². The summed E-state index contributed by atoms with van der Waals surface area (Å²) in [5.41, 5.74) is 5.64. The number of thiocarbonyl (C=S) groups is 1. The van der Waals surface area contributed by atoms with Gasteiger partial charge >= 0.3 is 0 Å². The van der Waals surface area contributed by atoms with E-state index in [-0.39, 0.29) is 11.8 Å². The second-order valence-corrected chi connectivity index (χ2v) is 7.89. The van der Waals surface area contributed by atoms with E-state index in [1.54, 1.807) is 0 Å². The zero-order chi connectivity index (χ0) is 12.5. The molecule has 0 spiro atoms. The summed E-state index contributed by atoms with van der Waals surface area (Å²) in [6.07, 6.45) is 5.51. The Hall–Kier alpha value is -0.200. The van der Waals surface area contributed by atoms with Gasteiger partial charge in [0, 0.05) is 18.6 Å². The van der Waals surface area contributed by atoms with Gasteiger partial charge in [-0.3, -0.25) is 4.90 Å². The second-order valence-electron chi connectivity index (χ2n) is 5.13. The first kappa shape index (κ1) is 13.2. The van der Waals surface area contributed by atoms with E-state index in [0.29, 0.717) is 23.3 Å². The van der Waals surface area contributed by atoms with E-state index in [2.05, 4.69) is 4.90 Å². The van der Waals surface area contributed by atoms with Gasteiger partial charge in [-0.05, 0) is 19.3 Å². The van der Waals surface area contributed by atoms with Crippen LogP contribution < -0.4 is 5.73 Å². The smallest absolute Gasteiger partial charge is 0.151 e. The third-order valence-electron chi connectivity index (χ3n) is 3.81. The van der Waals surface area contributed by atoms with Crippen LogP contribution in [-0.2, 0) is 9.84 Å². The summed E-state index contributed by atoms with van der Waals surface area (Å²) in [5, 5.41) is 0. The molecule has 0 amide bonds. The molecule has 17 heavy (non-hydrogen) atoms. The SMILES string of the molecule is NC(=S)CN(C1CCCC1)C1CCS(=O)(=O)C1. The summed E-state index contributed by atoms with van der Waals surface area (Å²) in [7, 11) is -2.83. The van der Waals surface area contributed by atoms with E-state index in [0.717, 1.165) is 19.3 Å². The highest BCUT2D eigenvalue weighted by Gasteiger charge is 2.36. The van der Waals surface area contributed by atoms with Crippen LogP contribution in [0.2, 0.25) is 0 Å². The molecule has 2 aliphatic rings. The van der Waals surface area contributed by atoms with Crippen LogP contribution in [0.4, 0.5) is 0 Å². The molecule has 4 nitrogen and oxygen atoms in total. The lowest BCUT2D eigenvalue weighted by Crippen LogP contribution is -2.46. The Kier molecular flexibility index (Phi) is 4.05. The Morgan fingerprint density at radius 2 is 1.88 bits per heavy atom. The van der Waals surface area contributed by atoms with Gasteiger partial charge in [-0.1, -0.05) is 25.1 Å². The quantitative estimate of drug-likeness (QED) is 0.766. The monoisotopic (exact) mass is 276 g/mol. The van der Waals surface area contributed by atoms with Gasteiger partial charge in [0.25, 0.3) is 0 Å². The largest absolute Gasteiger partial charge is 0.392 e. The van der Waals surface area contributed by atoms with Crippen molar-refractivity contribution in [1.29, 1.82) is 0 Å². The van der Waals surface area contributed by atoms with E-state index in [4.69, 9.17) is 18.0 Å². The summed E-state index contributed by atoms with van der Waals surface area (Å²) in [5.74, 6) is 0.602. The molecule has 0 radical (unpaired) electrons. The van der Waals surface area contributed by atoms with Crippen molar-refractivity contribution in [3.05, 3.63) is 0 Å². The van der Waals surface area contributed by atoms with Crippen molar-refractivity contribution in [2.24, 2.45) is 5.73 Å². The average molecular weight is 276 g/mol. The molecule has 2 N–H and O–H groups in total. The van der Waals surface area contributed by atoms with Crippen molar-refractivity contribution in [3.8, 4) is 0 Å². The molecular formula is C11H20N2O2S2. The fourth-order valence-corrected chi connectivity index (χ4v) is 4.90. The minimum atomic E-state index is -2.83. The molecular weight excluding hydrogens is 256 g/mol. The number of hydrogen-bond donors (Lipinski definition) is 1. The average Bonchev–Trinajstić information content (AvgIpc) is 2.83. The zero-order valence-electron chi connectivity index (χ0n) is 9.97. The van der Waals surface area contributed by atoms with Crippen molar-refractivity contribution in [1.82, 2.24) is 4.90 Å². The van der Waals surface area contributed by atoms with E-state index in [1.165, 1.54) is 12.8 Å². The molecule has 1 unspecified atom stereocenters. The van der Waals surface area contributed by atoms with E-state index >= 15 is 0 Å². The Balaban J connectivity index is 2.07. The van der Waals surface area contributed by atoms with Crippen molar-refractivity contribution in [2.75, 3.05) is 18.1 Å². The lowest BCUT2D eigenvalue weighted by Gasteiger charge is -2.33. The van der Waals surface area contributed by atoms with Gasteiger partial charge in [0.1, 0.15) is 0 Å². The maximum atomic E-state index is 11.6. The second kappa shape index (κ2) is 5.20. The number of hydrogen-bond acceptors (Lipinski definition) is 4. The molecule has 2 rings (SSSR count). The Bertz CT molecular complexity index is 388. The Labute approximate surface area is 108 Å². The summed E-state index contributed by atoms with van der Waals surface area (Å²) >= 11 is 4.99. The Morgan fingerprint density at radius 3 is 2.35 bits per heavy atom. The molecule has 0 aromatic carbocycles. The van der Waals surface area contributed by atoms with E-state index in [9.17, 15) is 8.42 Å². The van der Waals surface area contributed by atoms with Crippen LogP contribution in [0.15, 0.2) is 0 Å². The van der Waals surface area contributed by atoms with Crippen molar-refractivity contribution in [2.45, 2.75) is 44.2 Å². The predicted octanol–water partition coefficient (Wildman–Crippen LogP) is 0.704. The molecule has 1 heterocycles. The first-order valence-corrected chi connectivity index (χ1v) is 8.45. The molecule has 1 saturated carbocycles. The number of rotatable bonds is 4. The van der Waals surface area contributed by atoms with Gasteiger partial charge in [0.05, 0.1) is 16.5 Å². The summed E-state index contributed by atoms with van der Waals surface area (Å²) in [4.78, 5) is 2.72. The van der Waals surface area contributed by atoms with Crippen LogP contribution >= 0.6 is 12.2 Å². The number of nitrogens with zero attached hydrogens (tertiary/aromatic N) is 1.